The van der Waals surface area contributed by atoms with Gasteiger partial charge in [-0.15, -0.1) is 0 Å². The fourth-order valence-electron chi connectivity index (χ4n) is 1.75. The highest BCUT2D eigenvalue weighted by Crippen LogP contribution is 2.24. The highest BCUT2D eigenvalue weighted by molar-refractivity contribution is 6.42. The van der Waals surface area contributed by atoms with E-state index in [1.165, 1.54) is 0 Å². The smallest absolute Gasteiger partial charge is 0.319 e. The van der Waals surface area contributed by atoms with Gasteiger partial charge >= 0.3 is 6.03 Å². The van der Waals surface area contributed by atoms with E-state index in [-0.39, 0.29) is 12.1 Å². The van der Waals surface area contributed by atoms with Crippen LogP contribution in [0, 0.1) is 0 Å². The number of carbonyl (C=O) groups is 1. The van der Waals surface area contributed by atoms with Crippen LogP contribution in [0.4, 0.5) is 10.5 Å². The monoisotopic (exact) mass is 312 g/mol. The van der Waals surface area contributed by atoms with Gasteiger partial charge in [0.15, 0.2) is 0 Å². The maximum atomic E-state index is 11.8. The van der Waals surface area contributed by atoms with Gasteiger partial charge in [-0.25, -0.2) is 4.79 Å². The van der Waals surface area contributed by atoms with Crippen LogP contribution in [0.2, 0.25) is 10.0 Å². The number of carbonyl (C=O) groups excluding carboxylic acids is 1. The van der Waals surface area contributed by atoms with Crippen molar-refractivity contribution in [3.05, 3.63) is 52.4 Å². The van der Waals surface area contributed by atoms with Gasteiger partial charge in [-0.1, -0.05) is 23.2 Å². The van der Waals surface area contributed by atoms with Crippen LogP contribution in [0.3, 0.4) is 0 Å². The Kier molecular flexibility index (Phi) is 4.93. The summed E-state index contributed by atoms with van der Waals surface area (Å²) in [5, 5.41) is 6.36. The SMILES string of the molecule is CC(Cc1ccco1)NC(=O)Nc1ccc(Cl)c(Cl)c1. The van der Waals surface area contributed by atoms with Crippen molar-refractivity contribution < 1.29 is 9.21 Å². The second-order valence-electron chi connectivity index (χ2n) is 4.41. The van der Waals surface area contributed by atoms with Crippen molar-refractivity contribution in [2.75, 3.05) is 5.32 Å². The number of amides is 2. The molecule has 0 saturated heterocycles. The number of hydrogen-bond acceptors (Lipinski definition) is 2. The highest BCUT2D eigenvalue weighted by atomic mass is 35.5. The molecular formula is C14H14Cl2N2O2. The predicted octanol–water partition coefficient (Wildman–Crippen LogP) is 4.34. The number of furan rings is 1. The Hall–Kier alpha value is -1.65. The molecule has 0 spiro atoms. The van der Waals surface area contributed by atoms with E-state index < -0.39 is 0 Å². The summed E-state index contributed by atoms with van der Waals surface area (Å²) in [5.74, 6) is 0.826. The molecule has 0 fully saturated rings. The second kappa shape index (κ2) is 6.68. The number of rotatable bonds is 4. The molecule has 0 aliphatic carbocycles. The van der Waals surface area contributed by atoms with Gasteiger partial charge in [0.05, 0.1) is 16.3 Å². The lowest BCUT2D eigenvalue weighted by Gasteiger charge is -2.13. The van der Waals surface area contributed by atoms with Crippen molar-refractivity contribution in [1.82, 2.24) is 5.32 Å². The molecule has 4 nitrogen and oxygen atoms in total. The minimum atomic E-state index is -0.303. The Labute approximate surface area is 127 Å². The van der Waals surface area contributed by atoms with E-state index in [1.807, 2.05) is 19.1 Å². The van der Waals surface area contributed by atoms with Gasteiger partial charge in [0, 0.05) is 18.2 Å². The van der Waals surface area contributed by atoms with Gasteiger partial charge in [0.1, 0.15) is 5.76 Å². The Morgan fingerprint density at radius 2 is 2.10 bits per heavy atom. The van der Waals surface area contributed by atoms with Crippen molar-refractivity contribution in [1.29, 1.82) is 0 Å². The minimum absolute atomic E-state index is 0.0519. The summed E-state index contributed by atoms with van der Waals surface area (Å²) in [4.78, 5) is 11.8. The number of anilines is 1. The molecule has 0 aliphatic rings. The van der Waals surface area contributed by atoms with Crippen LogP contribution >= 0.6 is 23.2 Å². The minimum Gasteiger partial charge on any atom is -0.469 e. The molecule has 2 N–H and O–H groups in total. The topological polar surface area (TPSA) is 54.3 Å². The van der Waals surface area contributed by atoms with Gasteiger partial charge in [0.25, 0.3) is 0 Å². The standard InChI is InChI=1S/C14H14Cl2N2O2/c1-9(7-11-3-2-6-20-11)17-14(19)18-10-4-5-12(15)13(16)8-10/h2-6,8-9H,7H2,1H3,(H2,17,18,19). The summed E-state index contributed by atoms with van der Waals surface area (Å²) in [6.45, 7) is 1.90. The Morgan fingerprint density at radius 1 is 1.30 bits per heavy atom. The Morgan fingerprint density at radius 3 is 2.75 bits per heavy atom. The average molecular weight is 313 g/mol. The summed E-state index contributed by atoms with van der Waals surface area (Å²) in [5.41, 5.74) is 0.585. The molecule has 0 aliphatic heterocycles. The van der Waals surface area contributed by atoms with E-state index >= 15 is 0 Å². The van der Waals surface area contributed by atoms with Crippen LogP contribution in [0.5, 0.6) is 0 Å². The second-order valence-corrected chi connectivity index (χ2v) is 5.23. The third-order valence-electron chi connectivity index (χ3n) is 2.64. The van der Waals surface area contributed by atoms with E-state index in [2.05, 4.69) is 10.6 Å². The molecule has 2 amide bonds. The molecule has 6 heteroatoms. The summed E-state index contributed by atoms with van der Waals surface area (Å²) < 4.78 is 5.23. The predicted molar refractivity (Wildman–Crippen MR) is 80.5 cm³/mol. The summed E-state index contributed by atoms with van der Waals surface area (Å²) in [6.07, 6.45) is 2.24. The molecule has 1 aromatic heterocycles. The Bertz CT molecular complexity index is 585. The molecular weight excluding hydrogens is 299 g/mol. The summed E-state index contributed by atoms with van der Waals surface area (Å²) >= 11 is 11.7. The molecule has 20 heavy (non-hydrogen) atoms. The first-order valence-corrected chi connectivity index (χ1v) is 6.85. The van der Waals surface area contributed by atoms with Gasteiger partial charge in [-0.2, -0.15) is 0 Å². The first-order valence-electron chi connectivity index (χ1n) is 6.09. The fraction of sp³-hybridized carbons (Fsp3) is 0.214. The molecule has 1 aromatic carbocycles. The maximum Gasteiger partial charge on any atom is 0.319 e. The molecule has 0 bridgehead atoms. The van der Waals surface area contributed by atoms with Crippen LogP contribution in [0.25, 0.3) is 0 Å². The molecule has 1 atom stereocenters. The van der Waals surface area contributed by atoms with Gasteiger partial charge in [0.2, 0.25) is 0 Å². The quantitative estimate of drug-likeness (QED) is 0.882. The van der Waals surface area contributed by atoms with Crippen LogP contribution in [-0.4, -0.2) is 12.1 Å². The van der Waals surface area contributed by atoms with Crippen LogP contribution < -0.4 is 10.6 Å². The van der Waals surface area contributed by atoms with Gasteiger partial charge in [-0.3, -0.25) is 0 Å². The number of halogens is 2. The van der Waals surface area contributed by atoms with Crippen molar-refractivity contribution in [2.24, 2.45) is 0 Å². The van der Waals surface area contributed by atoms with E-state index in [0.29, 0.717) is 22.2 Å². The van der Waals surface area contributed by atoms with Crippen molar-refractivity contribution >= 4 is 34.9 Å². The van der Waals surface area contributed by atoms with Crippen molar-refractivity contribution in [3.63, 3.8) is 0 Å². The third kappa shape index (κ3) is 4.18. The fourth-order valence-corrected chi connectivity index (χ4v) is 2.04. The molecule has 2 rings (SSSR count). The zero-order valence-electron chi connectivity index (χ0n) is 10.8. The lowest BCUT2D eigenvalue weighted by atomic mass is 10.2. The van der Waals surface area contributed by atoms with E-state index in [9.17, 15) is 4.79 Å². The highest BCUT2D eigenvalue weighted by Gasteiger charge is 2.10. The zero-order chi connectivity index (χ0) is 14.5. The number of hydrogen-bond donors (Lipinski definition) is 2. The van der Waals surface area contributed by atoms with Gasteiger partial charge in [-0.05, 0) is 37.3 Å². The first kappa shape index (κ1) is 14.8. The number of urea groups is 1. The lowest BCUT2D eigenvalue weighted by molar-refractivity contribution is 0.248. The number of nitrogens with one attached hydrogen (secondary N) is 2. The van der Waals surface area contributed by atoms with Gasteiger partial charge < -0.3 is 15.1 Å². The largest absolute Gasteiger partial charge is 0.469 e. The molecule has 0 radical (unpaired) electrons. The van der Waals surface area contributed by atoms with Crippen molar-refractivity contribution in [3.8, 4) is 0 Å². The zero-order valence-corrected chi connectivity index (χ0v) is 12.3. The molecule has 1 unspecified atom stereocenters. The molecule has 0 saturated carbocycles. The van der Waals surface area contributed by atoms with Crippen LogP contribution in [0.1, 0.15) is 12.7 Å². The third-order valence-corrected chi connectivity index (χ3v) is 3.38. The van der Waals surface area contributed by atoms with E-state index in [4.69, 9.17) is 27.6 Å². The van der Waals surface area contributed by atoms with Crippen LogP contribution in [-0.2, 0) is 6.42 Å². The van der Waals surface area contributed by atoms with E-state index in [1.54, 1.807) is 24.5 Å². The number of benzene rings is 1. The summed E-state index contributed by atoms with van der Waals surface area (Å²) in [7, 11) is 0. The first-order chi connectivity index (χ1) is 9.54. The lowest BCUT2D eigenvalue weighted by Crippen LogP contribution is -2.37. The summed E-state index contributed by atoms with van der Waals surface area (Å²) in [6, 6.07) is 8.25. The molecule has 1 heterocycles. The van der Waals surface area contributed by atoms with Crippen molar-refractivity contribution in [2.45, 2.75) is 19.4 Å². The maximum absolute atomic E-state index is 11.8. The normalized spacial score (nSPS) is 11.9. The average Bonchev–Trinajstić information content (AvgIpc) is 2.86. The van der Waals surface area contributed by atoms with Crippen LogP contribution in [0.15, 0.2) is 41.0 Å². The Balaban J connectivity index is 1.87. The molecule has 106 valence electrons. The van der Waals surface area contributed by atoms with E-state index in [0.717, 1.165) is 5.76 Å². The molecule has 2 aromatic rings.